The van der Waals surface area contributed by atoms with Crippen LogP contribution in [0, 0.1) is 5.82 Å². The van der Waals surface area contributed by atoms with E-state index in [1.54, 1.807) is 17.0 Å². The maximum Gasteiger partial charge on any atom is 0.233 e. The van der Waals surface area contributed by atoms with E-state index in [1.807, 2.05) is 30.3 Å². The molecule has 0 aliphatic carbocycles. The van der Waals surface area contributed by atoms with E-state index in [4.69, 9.17) is 4.74 Å². The number of amides is 1. The van der Waals surface area contributed by atoms with Gasteiger partial charge in [-0.2, -0.15) is 0 Å². The summed E-state index contributed by atoms with van der Waals surface area (Å²) < 4.78 is 45.7. The molecule has 2 saturated heterocycles. The molecule has 4 rings (SSSR count). The molecule has 0 saturated carbocycles. The Hall–Kier alpha value is -2.25. The van der Waals surface area contributed by atoms with Crippen molar-refractivity contribution in [1.29, 1.82) is 0 Å². The van der Waals surface area contributed by atoms with Crippen molar-refractivity contribution in [2.75, 3.05) is 32.1 Å². The van der Waals surface area contributed by atoms with Crippen molar-refractivity contribution in [2.24, 2.45) is 0 Å². The number of rotatable bonds is 3. The van der Waals surface area contributed by atoms with Gasteiger partial charge in [-0.25, -0.2) is 12.8 Å². The number of nitrogens with zero attached hydrogens (tertiary/aromatic N) is 1. The molecule has 0 radical (unpaired) electrons. The third-order valence-electron chi connectivity index (χ3n) is 6.36. The van der Waals surface area contributed by atoms with Gasteiger partial charge in [0.1, 0.15) is 5.82 Å². The number of halogens is 1. The highest BCUT2D eigenvalue weighted by Crippen LogP contribution is 2.38. The molecule has 2 aliphatic rings. The summed E-state index contributed by atoms with van der Waals surface area (Å²) >= 11 is 0. The molecule has 2 heterocycles. The summed E-state index contributed by atoms with van der Waals surface area (Å²) in [6.45, 7) is 1.39. The number of ether oxygens (including phenoxy) is 1. The zero-order chi connectivity index (χ0) is 21.2. The minimum Gasteiger partial charge on any atom is -0.381 e. The van der Waals surface area contributed by atoms with E-state index in [2.05, 4.69) is 0 Å². The van der Waals surface area contributed by atoms with Gasteiger partial charge in [0.2, 0.25) is 5.91 Å². The van der Waals surface area contributed by atoms with E-state index in [-0.39, 0.29) is 36.7 Å². The Balaban J connectivity index is 1.63. The Morgan fingerprint density at radius 1 is 1.00 bits per heavy atom. The summed E-state index contributed by atoms with van der Waals surface area (Å²) in [5, 5.41) is -0.932. The second-order valence-corrected chi connectivity index (χ2v) is 10.3. The predicted octanol–water partition coefficient (Wildman–Crippen LogP) is 3.26. The molecule has 30 heavy (non-hydrogen) atoms. The van der Waals surface area contributed by atoms with Crippen LogP contribution in [0.1, 0.15) is 35.6 Å². The highest BCUT2D eigenvalue weighted by molar-refractivity contribution is 7.91. The Morgan fingerprint density at radius 2 is 1.67 bits per heavy atom. The van der Waals surface area contributed by atoms with Crippen LogP contribution < -0.4 is 0 Å². The number of carbonyl (C=O) groups excluding carboxylic acids is 1. The summed E-state index contributed by atoms with van der Waals surface area (Å²) in [7, 11) is -3.58. The van der Waals surface area contributed by atoms with E-state index in [0.29, 0.717) is 26.1 Å². The number of hydrogen-bond acceptors (Lipinski definition) is 4. The van der Waals surface area contributed by atoms with Crippen LogP contribution in [0.3, 0.4) is 0 Å². The first-order valence-electron chi connectivity index (χ1n) is 10.3. The Kier molecular flexibility index (Phi) is 5.93. The van der Waals surface area contributed by atoms with Crippen LogP contribution in [0.4, 0.5) is 4.39 Å². The minimum atomic E-state index is -3.58. The lowest BCUT2D eigenvalue weighted by atomic mass is 9.73. The van der Waals surface area contributed by atoms with Crippen molar-refractivity contribution >= 4 is 15.7 Å². The summed E-state index contributed by atoms with van der Waals surface area (Å²) in [5.41, 5.74) is 0.424. The zero-order valence-electron chi connectivity index (χ0n) is 16.8. The average Bonchev–Trinajstić information content (AvgIpc) is 2.93. The molecule has 1 unspecified atom stereocenters. The van der Waals surface area contributed by atoms with Gasteiger partial charge in [-0.05, 0) is 30.9 Å². The molecule has 1 amide bonds. The SMILES string of the molecule is O=C(N1CCC(c2ccccc2F)S(=O)(=O)CC1)C1(c2ccccc2)CCOCC1. The lowest BCUT2D eigenvalue weighted by molar-refractivity contribution is -0.141. The highest BCUT2D eigenvalue weighted by atomic mass is 32.2. The van der Waals surface area contributed by atoms with Crippen LogP contribution in [-0.2, 0) is 24.8 Å². The lowest BCUT2D eigenvalue weighted by Crippen LogP contribution is -2.50. The zero-order valence-corrected chi connectivity index (χ0v) is 17.6. The van der Waals surface area contributed by atoms with Crippen molar-refractivity contribution in [2.45, 2.75) is 29.9 Å². The molecule has 2 aromatic carbocycles. The van der Waals surface area contributed by atoms with Crippen molar-refractivity contribution < 1.29 is 22.3 Å². The van der Waals surface area contributed by atoms with Crippen LogP contribution >= 0.6 is 0 Å². The molecule has 7 heteroatoms. The van der Waals surface area contributed by atoms with Gasteiger partial charge in [0, 0.05) is 31.9 Å². The molecule has 160 valence electrons. The fraction of sp³-hybridized carbons (Fsp3) is 0.435. The maximum absolute atomic E-state index is 14.3. The van der Waals surface area contributed by atoms with Gasteiger partial charge >= 0.3 is 0 Å². The number of sulfone groups is 1. The first-order valence-corrected chi connectivity index (χ1v) is 12.0. The summed E-state index contributed by atoms with van der Waals surface area (Å²) in [4.78, 5) is 15.4. The first-order chi connectivity index (χ1) is 14.4. The molecule has 0 aromatic heterocycles. The third-order valence-corrected chi connectivity index (χ3v) is 8.47. The second-order valence-electron chi connectivity index (χ2n) is 8.02. The quantitative estimate of drug-likeness (QED) is 0.748. The van der Waals surface area contributed by atoms with Gasteiger partial charge in [-0.1, -0.05) is 48.5 Å². The van der Waals surface area contributed by atoms with Crippen LogP contribution in [-0.4, -0.2) is 51.3 Å². The standard InChI is InChI=1S/C23H26FNO4S/c24-20-9-5-4-8-19(20)21-10-13-25(14-17-30(21,27)28)22(26)23(11-15-29-16-12-23)18-6-2-1-3-7-18/h1-9,21H,10-17H2. The largest absolute Gasteiger partial charge is 0.381 e. The van der Waals surface area contributed by atoms with Gasteiger partial charge in [0.05, 0.1) is 16.4 Å². The highest BCUT2D eigenvalue weighted by Gasteiger charge is 2.45. The van der Waals surface area contributed by atoms with Gasteiger partial charge in [0.25, 0.3) is 0 Å². The van der Waals surface area contributed by atoms with Crippen LogP contribution in [0.5, 0.6) is 0 Å². The van der Waals surface area contributed by atoms with E-state index < -0.39 is 26.3 Å². The normalized spacial score (nSPS) is 23.5. The molecule has 0 N–H and O–H groups in total. The average molecular weight is 432 g/mol. The Bertz CT molecular complexity index is 1000. The van der Waals surface area contributed by atoms with Crippen LogP contribution in [0.2, 0.25) is 0 Å². The molecule has 2 fully saturated rings. The smallest absolute Gasteiger partial charge is 0.233 e. The lowest BCUT2D eigenvalue weighted by Gasteiger charge is -2.40. The van der Waals surface area contributed by atoms with Crippen molar-refractivity contribution in [1.82, 2.24) is 4.90 Å². The molecule has 5 nitrogen and oxygen atoms in total. The minimum absolute atomic E-state index is 0.0543. The summed E-state index contributed by atoms with van der Waals surface area (Å²) in [5.74, 6) is -0.739. The molecule has 0 bridgehead atoms. The van der Waals surface area contributed by atoms with Crippen LogP contribution in [0.15, 0.2) is 54.6 Å². The van der Waals surface area contributed by atoms with Crippen molar-refractivity contribution in [3.05, 3.63) is 71.5 Å². The van der Waals surface area contributed by atoms with Crippen molar-refractivity contribution in [3.63, 3.8) is 0 Å². The topological polar surface area (TPSA) is 63.7 Å². The van der Waals surface area contributed by atoms with Gasteiger partial charge < -0.3 is 9.64 Å². The van der Waals surface area contributed by atoms with E-state index >= 15 is 0 Å². The fourth-order valence-corrected chi connectivity index (χ4v) is 6.44. The predicted molar refractivity (Wildman–Crippen MR) is 112 cm³/mol. The van der Waals surface area contributed by atoms with E-state index in [0.717, 1.165) is 5.56 Å². The first kappa shape index (κ1) is 21.0. The monoisotopic (exact) mass is 431 g/mol. The van der Waals surface area contributed by atoms with Gasteiger partial charge in [0.15, 0.2) is 9.84 Å². The third kappa shape index (κ3) is 3.88. The second kappa shape index (κ2) is 8.47. The molecule has 0 spiro atoms. The number of hydrogen-bond donors (Lipinski definition) is 0. The molecular weight excluding hydrogens is 405 g/mol. The Labute approximate surface area is 176 Å². The van der Waals surface area contributed by atoms with Crippen LogP contribution in [0.25, 0.3) is 0 Å². The van der Waals surface area contributed by atoms with E-state index in [9.17, 15) is 17.6 Å². The number of carbonyl (C=O) groups is 1. The molecule has 1 atom stereocenters. The summed E-state index contributed by atoms with van der Waals surface area (Å²) in [6.07, 6.45) is 1.32. The molecule has 2 aliphatic heterocycles. The maximum atomic E-state index is 14.3. The number of benzene rings is 2. The van der Waals surface area contributed by atoms with Gasteiger partial charge in [-0.3, -0.25) is 4.79 Å². The van der Waals surface area contributed by atoms with E-state index in [1.165, 1.54) is 12.1 Å². The van der Waals surface area contributed by atoms with Crippen molar-refractivity contribution in [3.8, 4) is 0 Å². The molecular formula is C23H26FNO4S. The Morgan fingerprint density at radius 3 is 2.37 bits per heavy atom. The molecule has 2 aromatic rings. The summed E-state index contributed by atoms with van der Waals surface area (Å²) in [6, 6.07) is 15.7. The fourth-order valence-electron chi connectivity index (χ4n) is 4.64. The van der Waals surface area contributed by atoms with Gasteiger partial charge in [-0.15, -0.1) is 0 Å².